The van der Waals surface area contributed by atoms with Crippen molar-refractivity contribution < 1.29 is 4.39 Å². The van der Waals surface area contributed by atoms with Crippen molar-refractivity contribution in [3.8, 4) is 17.1 Å². The molecule has 4 aromatic rings. The number of hydrogen-bond acceptors (Lipinski definition) is 4. The maximum Gasteiger partial charge on any atom is 0.148 e. The molecule has 3 heterocycles. The average Bonchev–Trinajstić information content (AvgIpc) is 3.46. The molecule has 0 amide bonds. The summed E-state index contributed by atoms with van der Waals surface area (Å²) in [4.78, 5) is 18.0. The second-order valence-corrected chi connectivity index (χ2v) is 6.98. The summed E-state index contributed by atoms with van der Waals surface area (Å²) in [6.07, 6.45) is 11.9. The Bertz CT molecular complexity index is 1080. The molecule has 0 N–H and O–H groups in total. The van der Waals surface area contributed by atoms with Gasteiger partial charge in [-0.15, -0.1) is 0 Å². The highest BCUT2D eigenvalue weighted by atomic mass is 19.1. The van der Waals surface area contributed by atoms with Crippen LogP contribution in [0.15, 0.2) is 55.1 Å². The fourth-order valence-electron chi connectivity index (χ4n) is 3.31. The first-order valence-corrected chi connectivity index (χ1v) is 9.17. The van der Waals surface area contributed by atoms with Crippen LogP contribution in [0.1, 0.15) is 25.1 Å². The number of nitrogens with zero attached hydrogens (tertiary/aromatic N) is 5. The summed E-state index contributed by atoms with van der Waals surface area (Å²) in [5.74, 6) is 2.18. The maximum absolute atomic E-state index is 13.4. The van der Waals surface area contributed by atoms with E-state index in [1.165, 1.54) is 31.4 Å². The van der Waals surface area contributed by atoms with Gasteiger partial charge >= 0.3 is 0 Å². The van der Waals surface area contributed by atoms with Crippen LogP contribution in [0.2, 0.25) is 0 Å². The summed E-state index contributed by atoms with van der Waals surface area (Å²) < 4.78 is 15.3. The van der Waals surface area contributed by atoms with E-state index in [4.69, 9.17) is 4.98 Å². The van der Waals surface area contributed by atoms with Crippen LogP contribution in [0, 0.1) is 11.7 Å². The lowest BCUT2D eigenvalue weighted by atomic mass is 10.2. The van der Waals surface area contributed by atoms with Gasteiger partial charge in [-0.05, 0) is 42.7 Å². The normalized spacial score (nSPS) is 14.0. The monoisotopic (exact) mass is 359 g/mol. The number of pyridine rings is 1. The predicted molar refractivity (Wildman–Crippen MR) is 101 cm³/mol. The van der Waals surface area contributed by atoms with Crippen molar-refractivity contribution >= 4 is 11.0 Å². The molecular formula is C21H18FN5. The van der Waals surface area contributed by atoms with E-state index in [9.17, 15) is 4.39 Å². The summed E-state index contributed by atoms with van der Waals surface area (Å²) >= 11 is 0. The molecule has 1 aliphatic rings. The lowest BCUT2D eigenvalue weighted by Gasteiger charge is -2.09. The van der Waals surface area contributed by atoms with E-state index in [1.54, 1.807) is 24.5 Å². The molecule has 0 radical (unpaired) electrons. The van der Waals surface area contributed by atoms with Crippen LogP contribution >= 0.6 is 0 Å². The largest absolute Gasteiger partial charge is 0.291 e. The van der Waals surface area contributed by atoms with Gasteiger partial charge < -0.3 is 0 Å². The van der Waals surface area contributed by atoms with Gasteiger partial charge in [-0.3, -0.25) is 9.55 Å². The molecule has 0 bridgehead atoms. The number of aryl methyl sites for hydroxylation is 1. The average molecular weight is 359 g/mol. The fourth-order valence-corrected chi connectivity index (χ4v) is 3.31. The van der Waals surface area contributed by atoms with Crippen molar-refractivity contribution in [3.05, 3.63) is 66.8 Å². The van der Waals surface area contributed by atoms with Gasteiger partial charge in [0.1, 0.15) is 17.5 Å². The molecule has 0 unspecified atom stereocenters. The molecule has 0 saturated heterocycles. The number of aromatic nitrogens is 5. The minimum atomic E-state index is -0.272. The zero-order valence-electron chi connectivity index (χ0n) is 14.7. The second-order valence-electron chi connectivity index (χ2n) is 6.98. The number of imidazole rings is 1. The first-order chi connectivity index (χ1) is 13.3. The highest BCUT2D eigenvalue weighted by Crippen LogP contribution is 2.33. The Morgan fingerprint density at radius 3 is 2.52 bits per heavy atom. The molecule has 0 aliphatic heterocycles. The quantitative estimate of drug-likeness (QED) is 0.531. The van der Waals surface area contributed by atoms with Crippen LogP contribution in [0.25, 0.3) is 28.1 Å². The minimum Gasteiger partial charge on any atom is -0.291 e. The number of fused-ring (bicyclic) bond motifs is 1. The third-order valence-electron chi connectivity index (χ3n) is 4.98. The standard InChI is InChI=1S/C21H18FN5/c22-16-4-6-17(7-5-16)27-19-13-23-10-9-18(19)26-21(27)15-11-24-20(25-12-15)8-3-14-1-2-14/h4-7,9-14H,1-3,8H2. The topological polar surface area (TPSA) is 56.5 Å². The van der Waals surface area contributed by atoms with Crippen molar-refractivity contribution in [1.29, 1.82) is 0 Å². The Labute approximate surface area is 156 Å². The third kappa shape index (κ3) is 3.18. The number of halogens is 1. The van der Waals surface area contributed by atoms with Crippen molar-refractivity contribution in [2.45, 2.75) is 25.7 Å². The van der Waals surface area contributed by atoms with E-state index in [0.29, 0.717) is 0 Å². The first kappa shape index (κ1) is 16.1. The molecule has 1 saturated carbocycles. The minimum absolute atomic E-state index is 0.272. The van der Waals surface area contributed by atoms with Crippen molar-refractivity contribution in [1.82, 2.24) is 24.5 Å². The molecule has 27 heavy (non-hydrogen) atoms. The third-order valence-corrected chi connectivity index (χ3v) is 4.98. The molecule has 5 nitrogen and oxygen atoms in total. The molecule has 134 valence electrons. The van der Waals surface area contributed by atoms with E-state index < -0.39 is 0 Å². The van der Waals surface area contributed by atoms with Gasteiger partial charge in [0.2, 0.25) is 0 Å². The van der Waals surface area contributed by atoms with Crippen LogP contribution in [0.4, 0.5) is 4.39 Å². The highest BCUT2D eigenvalue weighted by Gasteiger charge is 2.21. The summed E-state index contributed by atoms with van der Waals surface area (Å²) in [7, 11) is 0. The van der Waals surface area contributed by atoms with Crippen molar-refractivity contribution in [2.75, 3.05) is 0 Å². The lowest BCUT2D eigenvalue weighted by Crippen LogP contribution is -2.01. The molecule has 5 rings (SSSR count). The van der Waals surface area contributed by atoms with Crippen LogP contribution < -0.4 is 0 Å². The van der Waals surface area contributed by atoms with Crippen LogP contribution in [-0.2, 0) is 6.42 Å². The number of benzene rings is 1. The number of rotatable bonds is 5. The molecule has 1 fully saturated rings. The molecular weight excluding hydrogens is 341 g/mol. The van der Waals surface area contributed by atoms with E-state index in [1.807, 2.05) is 23.0 Å². The summed E-state index contributed by atoms with van der Waals surface area (Å²) in [5.41, 5.74) is 3.32. The molecule has 0 spiro atoms. The van der Waals surface area contributed by atoms with E-state index in [-0.39, 0.29) is 5.82 Å². The van der Waals surface area contributed by atoms with E-state index in [0.717, 1.165) is 46.3 Å². The zero-order valence-corrected chi connectivity index (χ0v) is 14.7. The van der Waals surface area contributed by atoms with E-state index >= 15 is 0 Å². The van der Waals surface area contributed by atoms with E-state index in [2.05, 4.69) is 15.0 Å². The Kier molecular flexibility index (Phi) is 3.89. The van der Waals surface area contributed by atoms with Gasteiger partial charge in [-0.2, -0.15) is 0 Å². The Hall–Kier alpha value is -3.15. The van der Waals surface area contributed by atoms with Gasteiger partial charge in [0.25, 0.3) is 0 Å². The molecule has 3 aromatic heterocycles. The Morgan fingerprint density at radius 2 is 1.78 bits per heavy atom. The van der Waals surface area contributed by atoms with Gasteiger partial charge in [0, 0.05) is 30.7 Å². The van der Waals surface area contributed by atoms with Crippen LogP contribution in [0.3, 0.4) is 0 Å². The molecule has 1 aromatic carbocycles. The van der Waals surface area contributed by atoms with Gasteiger partial charge in [0.05, 0.1) is 22.8 Å². The Morgan fingerprint density at radius 1 is 1.00 bits per heavy atom. The predicted octanol–water partition coefficient (Wildman–Crippen LogP) is 4.36. The van der Waals surface area contributed by atoms with Gasteiger partial charge in [-0.25, -0.2) is 19.3 Å². The molecule has 0 atom stereocenters. The smallest absolute Gasteiger partial charge is 0.148 e. The Balaban J connectivity index is 1.57. The SMILES string of the molecule is Fc1ccc(-n2c(-c3cnc(CCC4CC4)nc3)nc3ccncc32)cc1. The van der Waals surface area contributed by atoms with Gasteiger partial charge in [-0.1, -0.05) is 12.8 Å². The van der Waals surface area contributed by atoms with Crippen LogP contribution in [0.5, 0.6) is 0 Å². The highest BCUT2D eigenvalue weighted by molar-refractivity contribution is 5.82. The maximum atomic E-state index is 13.4. The van der Waals surface area contributed by atoms with Gasteiger partial charge in [0.15, 0.2) is 0 Å². The first-order valence-electron chi connectivity index (χ1n) is 9.17. The molecule has 1 aliphatic carbocycles. The summed E-state index contributed by atoms with van der Waals surface area (Å²) in [6, 6.07) is 8.22. The number of hydrogen-bond donors (Lipinski definition) is 0. The van der Waals surface area contributed by atoms with Crippen molar-refractivity contribution in [2.24, 2.45) is 5.92 Å². The summed E-state index contributed by atoms with van der Waals surface area (Å²) in [5, 5.41) is 0. The van der Waals surface area contributed by atoms with Crippen molar-refractivity contribution in [3.63, 3.8) is 0 Å². The lowest BCUT2D eigenvalue weighted by molar-refractivity contribution is 0.627. The zero-order chi connectivity index (χ0) is 18.2. The van der Waals surface area contributed by atoms with Crippen LogP contribution in [-0.4, -0.2) is 24.5 Å². The molecule has 6 heteroatoms. The fraction of sp³-hybridized carbons (Fsp3) is 0.238. The summed E-state index contributed by atoms with van der Waals surface area (Å²) in [6.45, 7) is 0. The second kappa shape index (κ2) is 6.54.